The third kappa shape index (κ3) is 3.32. The second-order valence-corrected chi connectivity index (χ2v) is 4.60. The van der Waals surface area contributed by atoms with E-state index in [9.17, 15) is 4.79 Å². The van der Waals surface area contributed by atoms with Gasteiger partial charge in [-0.3, -0.25) is 4.79 Å². The first-order chi connectivity index (χ1) is 6.71. The zero-order valence-corrected chi connectivity index (χ0v) is 9.22. The maximum atomic E-state index is 10.8. The molecule has 1 rings (SSSR count). The van der Waals surface area contributed by atoms with Gasteiger partial charge in [0.1, 0.15) is 0 Å². The van der Waals surface area contributed by atoms with Gasteiger partial charge in [0.15, 0.2) is 0 Å². The minimum absolute atomic E-state index is 0.287. The van der Waals surface area contributed by atoms with Crippen molar-refractivity contribution in [2.24, 2.45) is 5.41 Å². The number of carboxylic acids is 1. The predicted molar refractivity (Wildman–Crippen MR) is 57.3 cm³/mol. The summed E-state index contributed by atoms with van der Waals surface area (Å²) in [6.07, 6.45) is 10.3. The molecule has 0 aromatic rings. The highest BCUT2D eigenvalue weighted by atomic mass is 16.4. The molecule has 0 heterocycles. The molecule has 0 spiro atoms. The van der Waals surface area contributed by atoms with Crippen LogP contribution in [0.3, 0.4) is 0 Å². The molecule has 0 atom stereocenters. The average molecular weight is 198 g/mol. The Morgan fingerprint density at radius 3 is 2.21 bits per heavy atom. The van der Waals surface area contributed by atoms with E-state index in [0.717, 1.165) is 25.7 Å². The quantitative estimate of drug-likeness (QED) is 0.605. The van der Waals surface area contributed by atoms with Crippen LogP contribution in [0.5, 0.6) is 0 Å². The molecule has 0 saturated heterocycles. The smallest absolute Gasteiger partial charge is 0.309 e. The van der Waals surface area contributed by atoms with Crippen molar-refractivity contribution >= 4 is 5.97 Å². The SMILES string of the molecule is CCCCCCCCC1(C(=O)O)CC1. The van der Waals surface area contributed by atoms with Gasteiger partial charge in [-0.25, -0.2) is 0 Å². The van der Waals surface area contributed by atoms with Gasteiger partial charge in [0.2, 0.25) is 0 Å². The predicted octanol–water partition coefficient (Wildman–Crippen LogP) is 3.60. The van der Waals surface area contributed by atoms with Crippen LogP contribution in [0.4, 0.5) is 0 Å². The minimum atomic E-state index is -0.564. The van der Waals surface area contributed by atoms with Crippen molar-refractivity contribution in [1.82, 2.24) is 0 Å². The second-order valence-electron chi connectivity index (χ2n) is 4.60. The summed E-state index contributed by atoms with van der Waals surface area (Å²) in [6.45, 7) is 2.21. The van der Waals surface area contributed by atoms with E-state index in [-0.39, 0.29) is 5.41 Å². The maximum absolute atomic E-state index is 10.8. The van der Waals surface area contributed by atoms with Gasteiger partial charge in [0.05, 0.1) is 5.41 Å². The number of rotatable bonds is 8. The lowest BCUT2D eigenvalue weighted by Crippen LogP contribution is -2.14. The Hall–Kier alpha value is -0.530. The monoisotopic (exact) mass is 198 g/mol. The number of unbranched alkanes of at least 4 members (excludes halogenated alkanes) is 5. The molecule has 1 aliphatic carbocycles. The molecule has 1 aliphatic rings. The van der Waals surface area contributed by atoms with Crippen LogP contribution in [0.15, 0.2) is 0 Å². The van der Waals surface area contributed by atoms with E-state index in [2.05, 4.69) is 6.92 Å². The Labute approximate surface area is 86.7 Å². The summed E-state index contributed by atoms with van der Waals surface area (Å²) >= 11 is 0. The summed E-state index contributed by atoms with van der Waals surface area (Å²) in [5.41, 5.74) is -0.287. The van der Waals surface area contributed by atoms with Gasteiger partial charge in [-0.2, -0.15) is 0 Å². The number of carbonyl (C=O) groups is 1. The molecular formula is C12H22O2. The van der Waals surface area contributed by atoms with E-state index in [0.29, 0.717) is 0 Å². The van der Waals surface area contributed by atoms with Crippen molar-refractivity contribution in [2.45, 2.75) is 64.7 Å². The Morgan fingerprint density at radius 1 is 1.14 bits per heavy atom. The first-order valence-corrected chi connectivity index (χ1v) is 5.95. The van der Waals surface area contributed by atoms with Gasteiger partial charge < -0.3 is 5.11 Å². The van der Waals surface area contributed by atoms with E-state index >= 15 is 0 Å². The van der Waals surface area contributed by atoms with Crippen molar-refractivity contribution < 1.29 is 9.90 Å². The number of hydrogen-bond donors (Lipinski definition) is 1. The zero-order valence-electron chi connectivity index (χ0n) is 9.22. The van der Waals surface area contributed by atoms with Gasteiger partial charge in [0, 0.05) is 0 Å². The molecule has 82 valence electrons. The summed E-state index contributed by atoms with van der Waals surface area (Å²) in [5.74, 6) is -0.564. The molecule has 1 N–H and O–H groups in total. The van der Waals surface area contributed by atoms with Crippen molar-refractivity contribution in [3.63, 3.8) is 0 Å². The van der Waals surface area contributed by atoms with Crippen molar-refractivity contribution in [3.8, 4) is 0 Å². The Morgan fingerprint density at radius 2 is 1.71 bits per heavy atom. The minimum Gasteiger partial charge on any atom is -0.481 e. The van der Waals surface area contributed by atoms with Crippen LogP contribution >= 0.6 is 0 Å². The zero-order chi connectivity index (χ0) is 10.4. The van der Waals surface area contributed by atoms with Crippen LogP contribution in [-0.2, 0) is 4.79 Å². The van der Waals surface area contributed by atoms with E-state index in [1.165, 1.54) is 32.1 Å². The van der Waals surface area contributed by atoms with Crippen LogP contribution in [0.25, 0.3) is 0 Å². The van der Waals surface area contributed by atoms with Gasteiger partial charge in [-0.05, 0) is 19.3 Å². The van der Waals surface area contributed by atoms with Crippen LogP contribution in [0.2, 0.25) is 0 Å². The molecule has 0 amide bonds. The Balaban J connectivity index is 1.96. The highest BCUT2D eigenvalue weighted by Gasteiger charge is 2.49. The molecule has 2 nitrogen and oxygen atoms in total. The Bertz CT molecular complexity index is 183. The maximum Gasteiger partial charge on any atom is 0.309 e. The number of aliphatic carboxylic acids is 1. The molecule has 0 radical (unpaired) electrons. The van der Waals surface area contributed by atoms with Crippen LogP contribution < -0.4 is 0 Å². The van der Waals surface area contributed by atoms with Gasteiger partial charge in [0.25, 0.3) is 0 Å². The summed E-state index contributed by atoms with van der Waals surface area (Å²) in [4.78, 5) is 10.8. The van der Waals surface area contributed by atoms with Gasteiger partial charge in [-0.1, -0.05) is 45.4 Å². The molecule has 14 heavy (non-hydrogen) atoms. The van der Waals surface area contributed by atoms with E-state index < -0.39 is 5.97 Å². The standard InChI is InChI=1S/C12H22O2/c1-2-3-4-5-6-7-8-12(9-10-12)11(13)14/h2-10H2,1H3,(H,13,14). The van der Waals surface area contributed by atoms with Crippen LogP contribution in [0, 0.1) is 5.41 Å². The summed E-state index contributed by atoms with van der Waals surface area (Å²) in [7, 11) is 0. The largest absolute Gasteiger partial charge is 0.481 e. The first-order valence-electron chi connectivity index (χ1n) is 5.95. The second kappa shape index (κ2) is 5.38. The molecule has 0 unspecified atom stereocenters. The summed E-state index contributed by atoms with van der Waals surface area (Å²) < 4.78 is 0. The number of carboxylic acid groups (broad SMARTS) is 1. The third-order valence-corrected chi connectivity index (χ3v) is 3.32. The lowest BCUT2D eigenvalue weighted by Gasteiger charge is -2.08. The van der Waals surface area contributed by atoms with Gasteiger partial charge in [-0.15, -0.1) is 0 Å². The lowest BCUT2D eigenvalue weighted by atomic mass is 9.98. The van der Waals surface area contributed by atoms with Crippen molar-refractivity contribution in [3.05, 3.63) is 0 Å². The first kappa shape index (κ1) is 11.5. The van der Waals surface area contributed by atoms with E-state index in [1.54, 1.807) is 0 Å². The fourth-order valence-corrected chi connectivity index (χ4v) is 1.97. The highest BCUT2D eigenvalue weighted by Crippen LogP contribution is 2.50. The molecule has 0 bridgehead atoms. The molecular weight excluding hydrogens is 176 g/mol. The molecule has 0 aliphatic heterocycles. The van der Waals surface area contributed by atoms with Gasteiger partial charge >= 0.3 is 5.97 Å². The van der Waals surface area contributed by atoms with E-state index in [1.807, 2.05) is 0 Å². The van der Waals surface area contributed by atoms with Crippen molar-refractivity contribution in [1.29, 1.82) is 0 Å². The van der Waals surface area contributed by atoms with Crippen LogP contribution in [0.1, 0.15) is 64.7 Å². The van der Waals surface area contributed by atoms with Crippen LogP contribution in [-0.4, -0.2) is 11.1 Å². The van der Waals surface area contributed by atoms with E-state index in [4.69, 9.17) is 5.11 Å². The average Bonchev–Trinajstić information content (AvgIpc) is 2.92. The van der Waals surface area contributed by atoms with Crippen molar-refractivity contribution in [2.75, 3.05) is 0 Å². The molecule has 0 aromatic heterocycles. The lowest BCUT2D eigenvalue weighted by molar-refractivity contribution is -0.143. The topological polar surface area (TPSA) is 37.3 Å². The fourth-order valence-electron chi connectivity index (χ4n) is 1.97. The molecule has 0 aromatic carbocycles. The fraction of sp³-hybridized carbons (Fsp3) is 0.917. The molecule has 2 heteroatoms. The third-order valence-electron chi connectivity index (χ3n) is 3.32. The molecule has 1 saturated carbocycles. The molecule has 1 fully saturated rings. The normalized spacial score (nSPS) is 18.1. The summed E-state index contributed by atoms with van der Waals surface area (Å²) in [5, 5.41) is 8.94. The summed E-state index contributed by atoms with van der Waals surface area (Å²) in [6, 6.07) is 0. The highest BCUT2D eigenvalue weighted by molar-refractivity contribution is 5.77. The number of hydrogen-bond acceptors (Lipinski definition) is 1. The Kier molecular flexibility index (Phi) is 4.43.